The van der Waals surface area contributed by atoms with Crippen molar-refractivity contribution in [2.24, 2.45) is 5.92 Å². The van der Waals surface area contributed by atoms with Gasteiger partial charge in [-0.25, -0.2) is 4.98 Å². The lowest BCUT2D eigenvalue weighted by Gasteiger charge is -2.26. The van der Waals surface area contributed by atoms with Gasteiger partial charge in [0.15, 0.2) is 5.13 Å². The van der Waals surface area contributed by atoms with Gasteiger partial charge in [0.05, 0.1) is 0 Å². The van der Waals surface area contributed by atoms with E-state index in [0.717, 1.165) is 12.8 Å². The minimum atomic E-state index is -0.370. The van der Waals surface area contributed by atoms with E-state index in [9.17, 15) is 9.59 Å². The Balaban J connectivity index is 1.99. The quantitative estimate of drug-likeness (QED) is 0.847. The number of carbonyl (C=O) groups excluding carboxylic acids is 2. The Morgan fingerprint density at radius 2 is 2.40 bits per heavy atom. The van der Waals surface area contributed by atoms with Gasteiger partial charge in [0, 0.05) is 30.6 Å². The normalized spacial score (nSPS) is 19.9. The summed E-state index contributed by atoms with van der Waals surface area (Å²) in [7, 11) is 1.82. The zero-order valence-corrected chi connectivity index (χ0v) is 12.6. The first kappa shape index (κ1) is 14.9. The van der Waals surface area contributed by atoms with Gasteiger partial charge in [-0.15, -0.1) is 11.3 Å². The zero-order valence-electron chi connectivity index (χ0n) is 11.8. The van der Waals surface area contributed by atoms with Crippen molar-refractivity contribution < 1.29 is 9.59 Å². The van der Waals surface area contributed by atoms with Crippen molar-refractivity contribution in [1.29, 1.82) is 0 Å². The molecule has 1 saturated heterocycles. The monoisotopic (exact) mass is 296 g/mol. The molecule has 20 heavy (non-hydrogen) atoms. The molecule has 0 spiro atoms. The van der Waals surface area contributed by atoms with Gasteiger partial charge >= 0.3 is 0 Å². The highest BCUT2D eigenvalue weighted by atomic mass is 32.1. The van der Waals surface area contributed by atoms with Gasteiger partial charge in [-0.2, -0.15) is 0 Å². The second-order valence-electron chi connectivity index (χ2n) is 4.97. The highest BCUT2D eigenvalue weighted by Gasteiger charge is 2.35. The SMILES string of the molecule is CNCC(C)C(=O)N1CCCC1C(=O)Nc1nccs1. The molecule has 0 aliphatic carbocycles. The number of thiazole rings is 1. The lowest BCUT2D eigenvalue weighted by atomic mass is 10.1. The van der Waals surface area contributed by atoms with Crippen molar-refractivity contribution in [2.45, 2.75) is 25.8 Å². The lowest BCUT2D eigenvalue weighted by Crippen LogP contribution is -2.46. The summed E-state index contributed by atoms with van der Waals surface area (Å²) in [6.45, 7) is 3.16. The maximum atomic E-state index is 12.3. The third kappa shape index (κ3) is 3.34. The third-order valence-corrected chi connectivity index (χ3v) is 4.12. The highest BCUT2D eigenvalue weighted by Crippen LogP contribution is 2.22. The average Bonchev–Trinajstić information content (AvgIpc) is 3.08. The van der Waals surface area contributed by atoms with Gasteiger partial charge in [0.25, 0.3) is 0 Å². The van der Waals surface area contributed by atoms with E-state index in [1.165, 1.54) is 11.3 Å². The third-order valence-electron chi connectivity index (χ3n) is 3.43. The van der Waals surface area contributed by atoms with Crippen LogP contribution in [0.3, 0.4) is 0 Å². The number of rotatable bonds is 5. The number of likely N-dealkylation sites (tertiary alicyclic amines) is 1. The Hall–Kier alpha value is -1.47. The van der Waals surface area contributed by atoms with Crippen LogP contribution in [-0.4, -0.2) is 47.9 Å². The van der Waals surface area contributed by atoms with Crippen molar-refractivity contribution >= 4 is 28.3 Å². The van der Waals surface area contributed by atoms with E-state index in [1.807, 2.05) is 19.4 Å². The number of aromatic nitrogens is 1. The molecule has 2 rings (SSSR count). The van der Waals surface area contributed by atoms with Crippen LogP contribution in [0.4, 0.5) is 5.13 Å². The smallest absolute Gasteiger partial charge is 0.248 e. The molecule has 2 N–H and O–H groups in total. The molecule has 1 fully saturated rings. The fourth-order valence-electron chi connectivity index (χ4n) is 2.45. The average molecular weight is 296 g/mol. The summed E-state index contributed by atoms with van der Waals surface area (Å²) in [5.74, 6) is -0.216. The predicted molar refractivity (Wildman–Crippen MR) is 78.6 cm³/mol. The predicted octanol–water partition coefficient (Wildman–Crippen LogP) is 0.928. The molecular formula is C13H20N4O2S. The second kappa shape index (κ2) is 6.81. The first-order valence-corrected chi connectivity index (χ1v) is 7.67. The second-order valence-corrected chi connectivity index (χ2v) is 5.87. The van der Waals surface area contributed by atoms with Crippen LogP contribution in [0, 0.1) is 5.92 Å². The molecule has 110 valence electrons. The maximum Gasteiger partial charge on any atom is 0.248 e. The molecule has 0 aromatic carbocycles. The van der Waals surface area contributed by atoms with Gasteiger partial charge in [0.2, 0.25) is 11.8 Å². The molecule has 1 aliphatic rings. The summed E-state index contributed by atoms with van der Waals surface area (Å²) in [6.07, 6.45) is 3.23. The molecule has 1 aromatic rings. The van der Waals surface area contributed by atoms with Crippen LogP contribution >= 0.6 is 11.3 Å². The molecule has 0 bridgehead atoms. The van der Waals surface area contributed by atoms with Crippen LogP contribution in [-0.2, 0) is 9.59 Å². The number of hydrogen-bond donors (Lipinski definition) is 2. The molecule has 0 saturated carbocycles. The molecule has 2 heterocycles. The number of carbonyl (C=O) groups is 2. The molecule has 2 atom stereocenters. The van der Waals surface area contributed by atoms with E-state index in [2.05, 4.69) is 15.6 Å². The number of anilines is 1. The maximum absolute atomic E-state index is 12.3. The van der Waals surface area contributed by atoms with Crippen LogP contribution in [0.1, 0.15) is 19.8 Å². The topological polar surface area (TPSA) is 74.3 Å². The number of nitrogens with one attached hydrogen (secondary N) is 2. The first-order valence-electron chi connectivity index (χ1n) is 6.79. The van der Waals surface area contributed by atoms with Crippen LogP contribution in [0.5, 0.6) is 0 Å². The minimum absolute atomic E-state index is 0.0381. The minimum Gasteiger partial charge on any atom is -0.330 e. The molecule has 1 aliphatic heterocycles. The summed E-state index contributed by atoms with van der Waals surface area (Å²) in [4.78, 5) is 30.3. The summed E-state index contributed by atoms with van der Waals surface area (Å²) in [5, 5.41) is 8.16. The molecule has 2 amide bonds. The van der Waals surface area contributed by atoms with E-state index >= 15 is 0 Å². The number of hydrogen-bond acceptors (Lipinski definition) is 5. The Bertz CT molecular complexity index is 463. The highest BCUT2D eigenvalue weighted by molar-refractivity contribution is 7.13. The van der Waals surface area contributed by atoms with Gasteiger partial charge < -0.3 is 15.5 Å². The van der Waals surface area contributed by atoms with Crippen LogP contribution in [0.15, 0.2) is 11.6 Å². The van der Waals surface area contributed by atoms with Crippen LogP contribution in [0.25, 0.3) is 0 Å². The Morgan fingerprint density at radius 3 is 3.05 bits per heavy atom. The number of nitrogens with zero attached hydrogens (tertiary/aromatic N) is 2. The van der Waals surface area contributed by atoms with Crippen molar-refractivity contribution in [1.82, 2.24) is 15.2 Å². The summed E-state index contributed by atoms with van der Waals surface area (Å²) in [6, 6.07) is -0.370. The molecule has 1 aromatic heterocycles. The molecule has 7 heteroatoms. The van der Waals surface area contributed by atoms with E-state index in [1.54, 1.807) is 11.1 Å². The van der Waals surface area contributed by atoms with Gasteiger partial charge in [-0.3, -0.25) is 9.59 Å². The fourth-order valence-corrected chi connectivity index (χ4v) is 2.99. The Morgan fingerprint density at radius 1 is 1.60 bits per heavy atom. The van der Waals surface area contributed by atoms with Crippen molar-refractivity contribution in [3.63, 3.8) is 0 Å². The van der Waals surface area contributed by atoms with E-state index in [0.29, 0.717) is 18.2 Å². The summed E-state index contributed by atoms with van der Waals surface area (Å²) in [5.41, 5.74) is 0. The van der Waals surface area contributed by atoms with Gasteiger partial charge in [-0.05, 0) is 19.9 Å². The van der Waals surface area contributed by atoms with Crippen LogP contribution < -0.4 is 10.6 Å². The van der Waals surface area contributed by atoms with E-state index in [4.69, 9.17) is 0 Å². The van der Waals surface area contributed by atoms with E-state index < -0.39 is 0 Å². The lowest BCUT2D eigenvalue weighted by molar-refractivity contribution is -0.139. The Kier molecular flexibility index (Phi) is 5.08. The molecule has 6 nitrogen and oxygen atoms in total. The molecule has 2 unspecified atom stereocenters. The van der Waals surface area contributed by atoms with E-state index in [-0.39, 0.29) is 23.8 Å². The summed E-state index contributed by atoms with van der Waals surface area (Å²) < 4.78 is 0. The standard InChI is InChI=1S/C13H20N4O2S/c1-9(8-14-2)12(19)17-6-3-4-10(17)11(18)16-13-15-5-7-20-13/h5,7,9-10,14H,3-4,6,8H2,1-2H3,(H,15,16,18). The van der Waals surface area contributed by atoms with Crippen molar-refractivity contribution in [2.75, 3.05) is 25.5 Å². The van der Waals surface area contributed by atoms with Gasteiger partial charge in [-0.1, -0.05) is 6.92 Å². The van der Waals surface area contributed by atoms with Crippen molar-refractivity contribution in [3.8, 4) is 0 Å². The molecule has 0 radical (unpaired) electrons. The molecular weight excluding hydrogens is 276 g/mol. The summed E-state index contributed by atoms with van der Waals surface area (Å²) >= 11 is 1.38. The van der Waals surface area contributed by atoms with Gasteiger partial charge in [0.1, 0.15) is 6.04 Å². The Labute approximate surface area is 122 Å². The number of amides is 2. The van der Waals surface area contributed by atoms with Crippen molar-refractivity contribution in [3.05, 3.63) is 11.6 Å². The largest absolute Gasteiger partial charge is 0.330 e. The first-order chi connectivity index (χ1) is 9.63. The van der Waals surface area contributed by atoms with Crippen LogP contribution in [0.2, 0.25) is 0 Å². The fraction of sp³-hybridized carbons (Fsp3) is 0.615. The zero-order chi connectivity index (χ0) is 14.5.